The monoisotopic (exact) mass is 493 g/mol. The summed E-state index contributed by atoms with van der Waals surface area (Å²) in [4.78, 5) is 19.8. The quantitative estimate of drug-likeness (QED) is 0.285. The summed E-state index contributed by atoms with van der Waals surface area (Å²) in [6.07, 6.45) is 13.0. The van der Waals surface area contributed by atoms with Crippen molar-refractivity contribution >= 4 is 16.9 Å². The van der Waals surface area contributed by atoms with Gasteiger partial charge in [-0.2, -0.15) is 0 Å². The van der Waals surface area contributed by atoms with Gasteiger partial charge < -0.3 is 19.1 Å². The van der Waals surface area contributed by atoms with Gasteiger partial charge in [0.1, 0.15) is 24.7 Å². The van der Waals surface area contributed by atoms with Gasteiger partial charge in [-0.25, -0.2) is 14.8 Å². The van der Waals surface area contributed by atoms with Crippen LogP contribution in [0.3, 0.4) is 0 Å². The molecule has 186 valence electrons. The van der Waals surface area contributed by atoms with Gasteiger partial charge in [-0.15, -0.1) is 0 Å². The number of ether oxygens (including phenoxy) is 2. The average molecular weight is 494 g/mol. The third kappa shape index (κ3) is 6.52. The molecule has 7 nitrogen and oxygen atoms in total. The Morgan fingerprint density at radius 1 is 1.08 bits per heavy atom. The zero-order chi connectivity index (χ0) is 25.5. The summed E-state index contributed by atoms with van der Waals surface area (Å²) in [5.74, 6) is 0.359. The number of benzene rings is 2. The largest absolute Gasteiger partial charge is 0.493 e. The lowest BCUT2D eigenvalue weighted by Crippen LogP contribution is -2.11. The maximum atomic E-state index is 11.1. The molecule has 0 radical (unpaired) electrons. The van der Waals surface area contributed by atoms with Crippen molar-refractivity contribution < 1.29 is 19.4 Å². The van der Waals surface area contributed by atoms with Crippen molar-refractivity contribution in [2.75, 3.05) is 0 Å². The van der Waals surface area contributed by atoms with Crippen LogP contribution < -0.4 is 4.74 Å². The summed E-state index contributed by atoms with van der Waals surface area (Å²) in [5.41, 5.74) is 3.85. The number of carbonyl (C=O) groups is 1. The van der Waals surface area contributed by atoms with Crippen LogP contribution >= 0.6 is 0 Å². The van der Waals surface area contributed by atoms with Gasteiger partial charge >= 0.3 is 5.97 Å². The lowest BCUT2D eigenvalue weighted by Gasteiger charge is -2.22. The fourth-order valence-electron chi connectivity index (χ4n) is 4.20. The van der Waals surface area contributed by atoms with Crippen molar-refractivity contribution in [2.45, 2.75) is 26.2 Å². The van der Waals surface area contributed by atoms with Crippen LogP contribution in [0.25, 0.3) is 10.9 Å². The van der Waals surface area contributed by atoms with E-state index in [0.717, 1.165) is 39.2 Å². The molecule has 0 saturated carbocycles. The second kappa shape index (κ2) is 11.4. The number of carboxylic acid groups (broad SMARTS) is 1. The van der Waals surface area contributed by atoms with Gasteiger partial charge in [0.05, 0.1) is 17.5 Å². The zero-order valence-electron chi connectivity index (χ0n) is 20.2. The SMILES string of the molecule is O=C(O)/C=C\C1CC=C(Cn2ccnc2)C=C1OCc1cccc(OCc2ccc3ccccc3n2)c1. The van der Waals surface area contributed by atoms with Gasteiger partial charge in [0.2, 0.25) is 0 Å². The van der Waals surface area contributed by atoms with Crippen molar-refractivity contribution in [2.24, 2.45) is 5.92 Å². The van der Waals surface area contributed by atoms with Crippen LogP contribution in [0.1, 0.15) is 17.7 Å². The number of aliphatic carboxylic acids is 1. The molecule has 0 spiro atoms. The van der Waals surface area contributed by atoms with Crippen LogP contribution in [0.2, 0.25) is 0 Å². The predicted octanol–water partition coefficient (Wildman–Crippen LogP) is 5.70. The third-order valence-electron chi connectivity index (χ3n) is 6.07. The average Bonchev–Trinajstić information content (AvgIpc) is 3.43. The second-order valence-corrected chi connectivity index (χ2v) is 8.82. The molecule has 0 aliphatic heterocycles. The molecule has 5 rings (SSSR count). The lowest BCUT2D eigenvalue weighted by molar-refractivity contribution is -0.131. The molecule has 37 heavy (non-hydrogen) atoms. The number of rotatable bonds is 10. The number of pyridine rings is 1. The maximum Gasteiger partial charge on any atom is 0.328 e. The number of hydrogen-bond acceptors (Lipinski definition) is 5. The Morgan fingerprint density at radius 2 is 2.00 bits per heavy atom. The van der Waals surface area contributed by atoms with E-state index in [1.165, 1.54) is 6.08 Å². The summed E-state index contributed by atoms with van der Waals surface area (Å²) in [5, 5.41) is 10.2. The normalized spacial score (nSPS) is 15.4. The fraction of sp³-hybridized carbons (Fsp3) is 0.167. The number of fused-ring (bicyclic) bond motifs is 1. The van der Waals surface area contributed by atoms with Crippen molar-refractivity contribution in [1.82, 2.24) is 14.5 Å². The molecular weight excluding hydrogens is 466 g/mol. The first-order valence-electron chi connectivity index (χ1n) is 12.1. The van der Waals surface area contributed by atoms with Gasteiger partial charge in [-0.1, -0.05) is 48.6 Å². The van der Waals surface area contributed by atoms with Crippen molar-refractivity contribution in [3.63, 3.8) is 0 Å². The lowest BCUT2D eigenvalue weighted by atomic mass is 9.94. The van der Waals surface area contributed by atoms with Crippen LogP contribution in [0.15, 0.2) is 115 Å². The Hall–Kier alpha value is -4.65. The van der Waals surface area contributed by atoms with Crippen LogP contribution in [0.4, 0.5) is 0 Å². The number of hydrogen-bond donors (Lipinski definition) is 1. The molecule has 0 bridgehead atoms. The van der Waals surface area contributed by atoms with E-state index >= 15 is 0 Å². The second-order valence-electron chi connectivity index (χ2n) is 8.82. The van der Waals surface area contributed by atoms with E-state index in [1.807, 2.05) is 77.5 Å². The molecule has 0 saturated heterocycles. The Labute approximate surface area is 215 Å². The molecule has 4 aromatic rings. The molecular formula is C30H27N3O4. The molecule has 0 fully saturated rings. The molecule has 1 aliphatic rings. The minimum absolute atomic E-state index is 0.138. The number of aromatic nitrogens is 3. The molecule has 2 aromatic carbocycles. The van der Waals surface area contributed by atoms with E-state index in [1.54, 1.807) is 18.6 Å². The minimum Gasteiger partial charge on any atom is -0.493 e. The first-order chi connectivity index (χ1) is 18.1. The summed E-state index contributed by atoms with van der Waals surface area (Å²) in [6, 6.07) is 19.8. The van der Waals surface area contributed by atoms with E-state index in [9.17, 15) is 4.79 Å². The van der Waals surface area contributed by atoms with Gasteiger partial charge in [0.15, 0.2) is 0 Å². The highest BCUT2D eigenvalue weighted by Crippen LogP contribution is 2.28. The highest BCUT2D eigenvalue weighted by molar-refractivity contribution is 5.80. The predicted molar refractivity (Wildman–Crippen MR) is 141 cm³/mol. The summed E-state index contributed by atoms with van der Waals surface area (Å²) in [7, 11) is 0. The number of para-hydroxylation sites is 1. The summed E-state index contributed by atoms with van der Waals surface area (Å²) < 4.78 is 14.2. The Bertz CT molecular complexity index is 1470. The molecule has 1 N–H and O–H groups in total. The number of nitrogens with zero attached hydrogens (tertiary/aromatic N) is 3. The molecule has 1 aliphatic carbocycles. The van der Waals surface area contributed by atoms with E-state index in [0.29, 0.717) is 26.2 Å². The Balaban J connectivity index is 1.24. The van der Waals surface area contributed by atoms with Crippen LogP contribution in [0.5, 0.6) is 5.75 Å². The number of allylic oxidation sites excluding steroid dienone is 4. The van der Waals surface area contributed by atoms with Gasteiger partial charge in [-0.05, 0) is 47.9 Å². The van der Waals surface area contributed by atoms with E-state index in [4.69, 9.17) is 14.6 Å². The minimum atomic E-state index is -0.974. The zero-order valence-corrected chi connectivity index (χ0v) is 20.2. The molecule has 2 aromatic heterocycles. The standard InChI is InChI=1S/C30H27N3O4/c34-30(35)13-11-25-9-8-22(18-33-15-14-31-21-33)17-29(25)37-19-23-4-3-6-27(16-23)36-20-26-12-10-24-5-1-2-7-28(24)32-26/h1-8,10-17,21,25H,9,18-20H2,(H,34,35)/b13-11-. The van der Waals surface area contributed by atoms with Crippen LogP contribution in [-0.2, 0) is 29.3 Å². The van der Waals surface area contributed by atoms with E-state index in [-0.39, 0.29) is 5.92 Å². The number of imidazole rings is 1. The van der Waals surface area contributed by atoms with Crippen molar-refractivity contribution in [3.8, 4) is 5.75 Å². The van der Waals surface area contributed by atoms with E-state index < -0.39 is 5.97 Å². The first kappa shape index (κ1) is 24.1. The molecule has 7 heteroatoms. The van der Waals surface area contributed by atoms with Gasteiger partial charge in [-0.3, -0.25) is 0 Å². The number of carboxylic acids is 1. The highest BCUT2D eigenvalue weighted by Gasteiger charge is 2.18. The first-order valence-corrected chi connectivity index (χ1v) is 12.1. The molecule has 1 atom stereocenters. The topological polar surface area (TPSA) is 86.5 Å². The Morgan fingerprint density at radius 3 is 2.86 bits per heavy atom. The highest BCUT2D eigenvalue weighted by atomic mass is 16.5. The van der Waals surface area contributed by atoms with Crippen LogP contribution in [0, 0.1) is 5.92 Å². The molecule has 0 amide bonds. The van der Waals surface area contributed by atoms with Crippen LogP contribution in [-0.4, -0.2) is 25.6 Å². The van der Waals surface area contributed by atoms with E-state index in [2.05, 4.69) is 16.0 Å². The molecule has 1 unspecified atom stereocenters. The van der Waals surface area contributed by atoms with Crippen molar-refractivity contribution in [3.05, 3.63) is 126 Å². The fourth-order valence-corrected chi connectivity index (χ4v) is 4.20. The summed E-state index contributed by atoms with van der Waals surface area (Å²) >= 11 is 0. The van der Waals surface area contributed by atoms with Crippen molar-refractivity contribution in [1.29, 1.82) is 0 Å². The maximum absolute atomic E-state index is 11.1. The van der Waals surface area contributed by atoms with Gasteiger partial charge in [0, 0.05) is 36.3 Å². The summed E-state index contributed by atoms with van der Waals surface area (Å²) in [6.45, 7) is 1.38. The Kier molecular flexibility index (Phi) is 7.41. The smallest absolute Gasteiger partial charge is 0.328 e. The van der Waals surface area contributed by atoms with Gasteiger partial charge in [0.25, 0.3) is 0 Å². The third-order valence-corrected chi connectivity index (χ3v) is 6.07. The molecule has 2 heterocycles.